The Kier molecular flexibility index (Phi) is 4.36. The van der Waals surface area contributed by atoms with Gasteiger partial charge < -0.3 is 0 Å². The Bertz CT molecular complexity index is 1570. The molecule has 6 rings (SSSR count). The zero-order valence-electron chi connectivity index (χ0n) is 16.8. The molecule has 0 saturated heterocycles. The van der Waals surface area contributed by atoms with Crippen LogP contribution < -0.4 is 0 Å². The van der Waals surface area contributed by atoms with Gasteiger partial charge in [-0.1, -0.05) is 115 Å². The van der Waals surface area contributed by atoms with Crippen molar-refractivity contribution in [3.05, 3.63) is 120 Å². The lowest BCUT2D eigenvalue weighted by Crippen LogP contribution is -1.91. The second-order valence-corrected chi connectivity index (χ2v) is 8.65. The molecule has 0 unspecified atom stereocenters. The zero-order chi connectivity index (χ0) is 20.8. The largest absolute Gasteiger partial charge is 0.0622 e. The molecular formula is C30H19Br. The molecule has 0 aliphatic rings. The van der Waals surface area contributed by atoms with E-state index in [1.165, 1.54) is 54.6 Å². The lowest BCUT2D eigenvalue weighted by atomic mass is 9.87. The first kappa shape index (κ1) is 18.4. The third-order valence-electron chi connectivity index (χ3n) is 6.13. The molecule has 0 aliphatic carbocycles. The van der Waals surface area contributed by atoms with Crippen molar-refractivity contribution in [3.63, 3.8) is 0 Å². The van der Waals surface area contributed by atoms with Crippen LogP contribution in [0.5, 0.6) is 0 Å². The van der Waals surface area contributed by atoms with Crippen molar-refractivity contribution >= 4 is 48.2 Å². The van der Waals surface area contributed by atoms with Crippen molar-refractivity contribution in [2.24, 2.45) is 0 Å². The lowest BCUT2D eigenvalue weighted by molar-refractivity contribution is 1.64. The van der Waals surface area contributed by atoms with Crippen molar-refractivity contribution in [3.8, 4) is 22.3 Å². The van der Waals surface area contributed by atoms with Crippen LogP contribution in [0.3, 0.4) is 0 Å². The van der Waals surface area contributed by atoms with E-state index in [0.717, 1.165) is 4.47 Å². The lowest BCUT2D eigenvalue weighted by Gasteiger charge is -2.18. The molecule has 0 saturated carbocycles. The van der Waals surface area contributed by atoms with Crippen LogP contribution in [-0.4, -0.2) is 0 Å². The van der Waals surface area contributed by atoms with Crippen LogP contribution in [0.25, 0.3) is 54.6 Å². The van der Waals surface area contributed by atoms with Crippen LogP contribution in [0, 0.1) is 0 Å². The molecule has 31 heavy (non-hydrogen) atoms. The van der Waals surface area contributed by atoms with Crippen LogP contribution in [-0.2, 0) is 0 Å². The molecule has 0 atom stereocenters. The van der Waals surface area contributed by atoms with Gasteiger partial charge in [-0.3, -0.25) is 0 Å². The Labute approximate surface area is 189 Å². The number of halogens is 1. The van der Waals surface area contributed by atoms with Crippen LogP contribution >= 0.6 is 15.9 Å². The van der Waals surface area contributed by atoms with Crippen molar-refractivity contribution < 1.29 is 0 Å². The summed E-state index contributed by atoms with van der Waals surface area (Å²) in [7, 11) is 0. The predicted octanol–water partition coefficient (Wildman–Crippen LogP) is 9.24. The monoisotopic (exact) mass is 458 g/mol. The van der Waals surface area contributed by atoms with Crippen LogP contribution in [0.2, 0.25) is 0 Å². The first-order valence-corrected chi connectivity index (χ1v) is 11.3. The summed E-state index contributed by atoms with van der Waals surface area (Å²) in [5, 5.41) is 7.58. The smallest absolute Gasteiger partial charge is 0.0338 e. The number of hydrogen-bond acceptors (Lipinski definition) is 0. The molecule has 0 nitrogen and oxygen atoms in total. The van der Waals surface area contributed by atoms with Crippen molar-refractivity contribution in [1.29, 1.82) is 0 Å². The maximum atomic E-state index is 3.99. The minimum Gasteiger partial charge on any atom is -0.0622 e. The topological polar surface area (TPSA) is 0 Å². The number of hydrogen-bond donors (Lipinski definition) is 0. The van der Waals surface area contributed by atoms with Gasteiger partial charge in [0.05, 0.1) is 0 Å². The minimum atomic E-state index is 1.15. The SMILES string of the molecule is Brc1c2ccccc2c(-c2cccc3ccccc23)c2cccc(-c3ccccc3)c12. The molecule has 0 amide bonds. The fourth-order valence-corrected chi connectivity index (χ4v) is 5.53. The second-order valence-electron chi connectivity index (χ2n) is 7.86. The van der Waals surface area contributed by atoms with Gasteiger partial charge in [-0.2, -0.15) is 0 Å². The summed E-state index contributed by atoms with van der Waals surface area (Å²) in [6, 6.07) is 41.3. The van der Waals surface area contributed by atoms with Crippen molar-refractivity contribution in [2.45, 2.75) is 0 Å². The maximum absolute atomic E-state index is 3.99. The molecule has 0 aromatic heterocycles. The van der Waals surface area contributed by atoms with Gasteiger partial charge in [0.1, 0.15) is 0 Å². The van der Waals surface area contributed by atoms with Gasteiger partial charge in [-0.15, -0.1) is 0 Å². The Morgan fingerprint density at radius 3 is 1.84 bits per heavy atom. The highest BCUT2D eigenvalue weighted by molar-refractivity contribution is 9.10. The van der Waals surface area contributed by atoms with Gasteiger partial charge in [0.25, 0.3) is 0 Å². The molecule has 146 valence electrons. The molecule has 0 bridgehead atoms. The second kappa shape index (κ2) is 7.37. The van der Waals surface area contributed by atoms with E-state index in [2.05, 4.69) is 131 Å². The van der Waals surface area contributed by atoms with Gasteiger partial charge in [-0.25, -0.2) is 0 Å². The van der Waals surface area contributed by atoms with E-state index >= 15 is 0 Å². The quantitative estimate of drug-likeness (QED) is 0.226. The Morgan fingerprint density at radius 2 is 1.00 bits per heavy atom. The summed E-state index contributed by atoms with van der Waals surface area (Å²) in [5.74, 6) is 0. The minimum absolute atomic E-state index is 1.15. The van der Waals surface area contributed by atoms with Crippen molar-refractivity contribution in [1.82, 2.24) is 0 Å². The van der Waals surface area contributed by atoms with Gasteiger partial charge in [0.2, 0.25) is 0 Å². The van der Waals surface area contributed by atoms with E-state index in [-0.39, 0.29) is 0 Å². The fraction of sp³-hybridized carbons (Fsp3) is 0. The summed E-state index contributed by atoms with van der Waals surface area (Å²) in [6.45, 7) is 0. The molecule has 0 N–H and O–H groups in total. The first-order valence-electron chi connectivity index (χ1n) is 10.5. The molecule has 0 radical (unpaired) electrons. The van der Waals surface area contributed by atoms with E-state index < -0.39 is 0 Å². The number of rotatable bonds is 2. The highest BCUT2D eigenvalue weighted by Gasteiger charge is 2.18. The Balaban J connectivity index is 1.85. The van der Waals surface area contributed by atoms with Crippen LogP contribution in [0.15, 0.2) is 120 Å². The third-order valence-corrected chi connectivity index (χ3v) is 6.95. The Morgan fingerprint density at radius 1 is 0.419 bits per heavy atom. The van der Waals surface area contributed by atoms with Gasteiger partial charge in [0, 0.05) is 9.86 Å². The van der Waals surface area contributed by atoms with E-state index in [9.17, 15) is 0 Å². The van der Waals surface area contributed by atoms with Crippen LogP contribution in [0.1, 0.15) is 0 Å². The van der Waals surface area contributed by atoms with Gasteiger partial charge in [0.15, 0.2) is 0 Å². The van der Waals surface area contributed by atoms with Gasteiger partial charge >= 0.3 is 0 Å². The Hall–Kier alpha value is -3.42. The van der Waals surface area contributed by atoms with Crippen LogP contribution in [0.4, 0.5) is 0 Å². The molecule has 0 fully saturated rings. The molecule has 1 heteroatoms. The normalized spacial score (nSPS) is 11.4. The first-order chi connectivity index (χ1) is 15.3. The summed E-state index contributed by atoms with van der Waals surface area (Å²) in [6.07, 6.45) is 0. The number of fused-ring (bicyclic) bond motifs is 3. The summed E-state index contributed by atoms with van der Waals surface area (Å²) in [5.41, 5.74) is 5.05. The van der Waals surface area contributed by atoms with E-state index in [4.69, 9.17) is 0 Å². The third kappa shape index (κ3) is 2.89. The predicted molar refractivity (Wildman–Crippen MR) is 138 cm³/mol. The van der Waals surface area contributed by atoms with Gasteiger partial charge in [-0.05, 0) is 65.1 Å². The highest BCUT2D eigenvalue weighted by atomic mass is 79.9. The summed E-state index contributed by atoms with van der Waals surface area (Å²) >= 11 is 3.99. The fourth-order valence-electron chi connectivity index (χ4n) is 4.76. The average molecular weight is 459 g/mol. The van der Waals surface area contributed by atoms with Crippen molar-refractivity contribution in [2.75, 3.05) is 0 Å². The molecule has 0 spiro atoms. The molecule has 0 aliphatic heterocycles. The number of benzene rings is 6. The summed E-state index contributed by atoms with van der Waals surface area (Å²) < 4.78 is 1.15. The molecule has 0 heterocycles. The van der Waals surface area contributed by atoms with E-state index in [1.54, 1.807) is 0 Å². The average Bonchev–Trinajstić information content (AvgIpc) is 2.84. The molecule has 6 aromatic carbocycles. The standard InChI is InChI=1S/C30H19Br/c31-30-26-16-7-6-15-25(26)28(24-18-8-13-20-12-4-5-14-22(20)24)27-19-9-17-23(29(27)30)21-10-2-1-3-11-21/h1-19H. The van der Waals surface area contributed by atoms with E-state index in [1.807, 2.05) is 0 Å². The molecular weight excluding hydrogens is 440 g/mol. The van der Waals surface area contributed by atoms with E-state index in [0.29, 0.717) is 0 Å². The molecule has 6 aromatic rings. The summed E-state index contributed by atoms with van der Waals surface area (Å²) in [4.78, 5) is 0. The highest BCUT2D eigenvalue weighted by Crippen LogP contribution is 2.46. The zero-order valence-corrected chi connectivity index (χ0v) is 18.4. The maximum Gasteiger partial charge on any atom is 0.0338 e.